The van der Waals surface area contributed by atoms with Gasteiger partial charge in [-0.15, -0.1) is 0 Å². The Labute approximate surface area is 67.7 Å². The van der Waals surface area contributed by atoms with E-state index in [9.17, 15) is 17.6 Å². The predicted octanol–water partition coefficient (Wildman–Crippen LogP) is 2.62. The Balaban J connectivity index is 2.54. The Kier molecular flexibility index (Phi) is 2.33. The summed E-state index contributed by atoms with van der Waals surface area (Å²) >= 11 is 0. The summed E-state index contributed by atoms with van der Waals surface area (Å²) in [5.41, 5.74) is 0. The van der Waals surface area contributed by atoms with Crippen molar-refractivity contribution in [1.29, 1.82) is 0 Å². The summed E-state index contributed by atoms with van der Waals surface area (Å²) in [6, 6.07) is 0. The van der Waals surface area contributed by atoms with Gasteiger partial charge in [-0.3, -0.25) is 0 Å². The normalized spacial score (nSPS) is 24.2. The van der Waals surface area contributed by atoms with E-state index in [0.717, 1.165) is 13.5 Å². The summed E-state index contributed by atoms with van der Waals surface area (Å²) in [5.74, 6) is -7.88. The van der Waals surface area contributed by atoms with E-state index in [2.05, 4.69) is 4.74 Å². The second-order valence-corrected chi connectivity index (χ2v) is 2.78. The molecule has 1 nitrogen and oxygen atoms in total. The molecular formula is C7H9F4O. The maximum atomic E-state index is 12.6. The molecule has 0 N–H and O–H groups in total. The molecular weight excluding hydrogens is 176 g/mol. The topological polar surface area (TPSA) is 12.5 Å². The van der Waals surface area contributed by atoms with Gasteiger partial charge >= 0.3 is 11.8 Å². The number of hydrogen-bond acceptors (Lipinski definition) is 1. The third kappa shape index (κ3) is 1.88. The molecule has 1 atom stereocenters. The van der Waals surface area contributed by atoms with Crippen LogP contribution in [0.2, 0.25) is 0 Å². The van der Waals surface area contributed by atoms with Gasteiger partial charge in [-0.2, -0.15) is 17.6 Å². The fraction of sp³-hybridized carbons (Fsp3) is 0.857. The molecule has 0 aliphatic carbocycles. The highest BCUT2D eigenvalue weighted by atomic mass is 19.3. The van der Waals surface area contributed by atoms with Gasteiger partial charge in [-0.25, -0.2) is 0 Å². The van der Waals surface area contributed by atoms with Crippen molar-refractivity contribution in [2.45, 2.75) is 37.7 Å². The van der Waals surface area contributed by atoms with E-state index in [-0.39, 0.29) is 0 Å². The van der Waals surface area contributed by atoms with Crippen LogP contribution in [0.4, 0.5) is 17.6 Å². The van der Waals surface area contributed by atoms with Gasteiger partial charge in [-0.05, 0) is 0 Å². The summed E-state index contributed by atoms with van der Waals surface area (Å²) in [5, 5.41) is 0. The average Bonchev–Trinajstić information content (AvgIpc) is 2.70. The lowest BCUT2D eigenvalue weighted by molar-refractivity contribution is -0.214. The predicted molar refractivity (Wildman–Crippen MR) is 34.0 cm³/mol. The molecule has 0 aromatic rings. The van der Waals surface area contributed by atoms with Crippen molar-refractivity contribution in [2.24, 2.45) is 0 Å². The zero-order valence-electron chi connectivity index (χ0n) is 6.49. The lowest BCUT2D eigenvalue weighted by Gasteiger charge is -2.24. The van der Waals surface area contributed by atoms with Crippen LogP contribution in [0.5, 0.6) is 0 Å². The third-order valence-electron chi connectivity index (χ3n) is 1.77. The maximum absolute atomic E-state index is 12.6. The largest absolute Gasteiger partial charge is 0.366 e. The Bertz CT molecular complexity index is 165. The average molecular weight is 185 g/mol. The second-order valence-electron chi connectivity index (χ2n) is 2.78. The minimum Gasteiger partial charge on any atom is -0.366 e. The number of ether oxygens (including phenoxy) is 1. The van der Waals surface area contributed by atoms with Crippen LogP contribution in [0, 0.1) is 6.61 Å². The minimum absolute atomic E-state index is 0.794. The van der Waals surface area contributed by atoms with Crippen LogP contribution < -0.4 is 0 Å². The molecule has 12 heavy (non-hydrogen) atoms. The fourth-order valence-corrected chi connectivity index (χ4v) is 0.812. The zero-order valence-corrected chi connectivity index (χ0v) is 6.49. The first-order valence-corrected chi connectivity index (χ1v) is 3.63. The van der Waals surface area contributed by atoms with Gasteiger partial charge in [0.25, 0.3) is 0 Å². The van der Waals surface area contributed by atoms with Crippen LogP contribution in [0.15, 0.2) is 0 Å². The molecule has 1 rings (SSSR count). The summed E-state index contributed by atoms with van der Waals surface area (Å²) in [6.45, 7) is 2.16. The fourth-order valence-electron chi connectivity index (χ4n) is 0.812. The van der Waals surface area contributed by atoms with E-state index in [1.54, 1.807) is 0 Å². The van der Waals surface area contributed by atoms with Gasteiger partial charge in [0.2, 0.25) is 0 Å². The Morgan fingerprint density at radius 3 is 2.08 bits per heavy atom. The van der Waals surface area contributed by atoms with E-state index in [0.29, 0.717) is 0 Å². The first-order chi connectivity index (χ1) is 5.39. The van der Waals surface area contributed by atoms with Crippen LogP contribution in [-0.4, -0.2) is 17.9 Å². The van der Waals surface area contributed by atoms with Crippen LogP contribution in [-0.2, 0) is 4.74 Å². The van der Waals surface area contributed by atoms with Gasteiger partial charge in [0.1, 0.15) is 6.61 Å². The molecule has 1 fully saturated rings. The molecule has 1 radical (unpaired) electrons. The van der Waals surface area contributed by atoms with E-state index in [4.69, 9.17) is 0 Å². The standard InChI is InChI=1S/C7H9F4O/c1-2-6(8,9)7(10,11)3-5-4-12-5/h4-5H,2-3H2,1H3. The van der Waals surface area contributed by atoms with Crippen molar-refractivity contribution in [2.75, 3.05) is 0 Å². The number of alkyl halides is 4. The lowest BCUT2D eigenvalue weighted by atomic mass is 10.0. The van der Waals surface area contributed by atoms with E-state index in [1.165, 1.54) is 0 Å². The number of rotatable bonds is 4. The van der Waals surface area contributed by atoms with E-state index in [1.807, 2.05) is 0 Å². The highest BCUT2D eigenvalue weighted by Crippen LogP contribution is 2.42. The molecule has 1 heterocycles. The third-order valence-corrected chi connectivity index (χ3v) is 1.77. The Hall–Kier alpha value is -0.320. The van der Waals surface area contributed by atoms with Crippen LogP contribution >= 0.6 is 0 Å². The van der Waals surface area contributed by atoms with Gasteiger partial charge in [0.05, 0.1) is 6.10 Å². The summed E-state index contributed by atoms with van der Waals surface area (Å²) < 4.78 is 54.6. The molecule has 0 aromatic carbocycles. The van der Waals surface area contributed by atoms with Gasteiger partial charge in [-0.1, -0.05) is 6.92 Å². The van der Waals surface area contributed by atoms with Crippen molar-refractivity contribution < 1.29 is 22.3 Å². The molecule has 1 saturated heterocycles. The highest BCUT2D eigenvalue weighted by molar-refractivity contribution is 4.93. The SMILES string of the molecule is CCC(F)(F)C(F)(F)CC1[CH]O1. The Morgan fingerprint density at radius 1 is 1.25 bits per heavy atom. The van der Waals surface area contributed by atoms with Gasteiger partial charge in [0.15, 0.2) is 0 Å². The van der Waals surface area contributed by atoms with Crippen LogP contribution in [0.1, 0.15) is 19.8 Å². The summed E-state index contributed by atoms with van der Waals surface area (Å²) in [4.78, 5) is 0. The van der Waals surface area contributed by atoms with Crippen molar-refractivity contribution in [3.63, 3.8) is 0 Å². The molecule has 0 bridgehead atoms. The van der Waals surface area contributed by atoms with Gasteiger partial charge < -0.3 is 4.74 Å². The molecule has 5 heteroatoms. The molecule has 1 aliphatic heterocycles. The van der Waals surface area contributed by atoms with E-state index < -0.39 is 30.8 Å². The Morgan fingerprint density at radius 2 is 1.75 bits per heavy atom. The number of hydrogen-bond donors (Lipinski definition) is 0. The van der Waals surface area contributed by atoms with Crippen LogP contribution in [0.25, 0.3) is 0 Å². The monoisotopic (exact) mass is 185 g/mol. The maximum Gasteiger partial charge on any atom is 0.312 e. The first kappa shape index (κ1) is 9.77. The highest BCUT2D eigenvalue weighted by Gasteiger charge is 2.56. The first-order valence-electron chi connectivity index (χ1n) is 3.63. The van der Waals surface area contributed by atoms with Crippen molar-refractivity contribution in [3.05, 3.63) is 6.61 Å². The van der Waals surface area contributed by atoms with Crippen LogP contribution in [0.3, 0.4) is 0 Å². The molecule has 0 amide bonds. The number of epoxide rings is 1. The summed E-state index contributed by atoms with van der Waals surface area (Å²) in [7, 11) is 0. The quantitative estimate of drug-likeness (QED) is 0.484. The van der Waals surface area contributed by atoms with E-state index >= 15 is 0 Å². The summed E-state index contributed by atoms with van der Waals surface area (Å²) in [6.07, 6.45) is -2.57. The molecule has 0 saturated carbocycles. The lowest BCUT2D eigenvalue weighted by Crippen LogP contribution is -2.40. The molecule has 71 valence electrons. The second kappa shape index (κ2) is 2.87. The van der Waals surface area contributed by atoms with Crippen molar-refractivity contribution >= 4 is 0 Å². The molecule has 0 spiro atoms. The molecule has 1 aliphatic rings. The van der Waals surface area contributed by atoms with Gasteiger partial charge in [0, 0.05) is 12.8 Å². The van der Waals surface area contributed by atoms with Crippen molar-refractivity contribution in [1.82, 2.24) is 0 Å². The zero-order chi connectivity index (χ0) is 9.41. The molecule has 0 aromatic heterocycles. The van der Waals surface area contributed by atoms with Crippen molar-refractivity contribution in [3.8, 4) is 0 Å². The smallest absolute Gasteiger partial charge is 0.312 e. The minimum atomic E-state index is -3.96. The molecule has 1 unspecified atom stereocenters. The number of halogens is 4.